The molecule has 1 fully saturated rings. The van der Waals surface area contributed by atoms with E-state index in [-0.39, 0.29) is 0 Å². The summed E-state index contributed by atoms with van der Waals surface area (Å²) >= 11 is 0. The van der Waals surface area contributed by atoms with Crippen LogP contribution in [-0.4, -0.2) is 30.4 Å². The van der Waals surface area contributed by atoms with Crippen LogP contribution in [0.25, 0.3) is 0 Å². The molecule has 0 aromatic heterocycles. The molecular formula is C8H14FNO2. The molecule has 1 aliphatic rings. The minimum atomic E-state index is -1.50. The van der Waals surface area contributed by atoms with Crippen molar-refractivity contribution >= 4 is 6.09 Å². The van der Waals surface area contributed by atoms with E-state index in [1.54, 1.807) is 4.90 Å². The van der Waals surface area contributed by atoms with E-state index in [1.807, 2.05) is 0 Å². The van der Waals surface area contributed by atoms with Crippen LogP contribution >= 0.6 is 0 Å². The summed E-state index contributed by atoms with van der Waals surface area (Å²) < 4.78 is 16.6. The Morgan fingerprint density at radius 1 is 1.42 bits per heavy atom. The summed E-state index contributed by atoms with van der Waals surface area (Å²) in [4.78, 5) is 12.6. The fourth-order valence-corrected chi connectivity index (χ4v) is 1.29. The molecule has 3 nitrogen and oxygen atoms in total. The van der Waals surface area contributed by atoms with Crippen LogP contribution in [0.5, 0.6) is 0 Å². The van der Waals surface area contributed by atoms with Crippen molar-refractivity contribution in [3.05, 3.63) is 0 Å². The number of hydrogen-bond donors (Lipinski definition) is 0. The zero-order chi connectivity index (χ0) is 8.97. The standard InChI is InChI=1S/C8H14FNO2/c1-7(9)12-8(11)10-5-3-2-4-6-10/h7H,2-6H2,1H3. The van der Waals surface area contributed by atoms with E-state index in [0.717, 1.165) is 19.3 Å². The number of halogens is 1. The van der Waals surface area contributed by atoms with Crippen molar-refractivity contribution in [1.29, 1.82) is 0 Å². The highest BCUT2D eigenvalue weighted by Gasteiger charge is 2.19. The fraction of sp³-hybridized carbons (Fsp3) is 0.875. The van der Waals surface area contributed by atoms with Gasteiger partial charge in [0, 0.05) is 20.0 Å². The summed E-state index contributed by atoms with van der Waals surface area (Å²) in [6.45, 7) is 2.61. The molecule has 1 aliphatic heterocycles. The van der Waals surface area contributed by atoms with Gasteiger partial charge in [-0.25, -0.2) is 9.18 Å². The number of alkyl halides is 1. The highest BCUT2D eigenvalue weighted by molar-refractivity contribution is 5.67. The quantitative estimate of drug-likeness (QED) is 0.609. The number of ether oxygens (including phenoxy) is 1. The van der Waals surface area contributed by atoms with E-state index in [4.69, 9.17) is 0 Å². The number of piperidine rings is 1. The largest absolute Gasteiger partial charge is 0.415 e. The third-order valence-corrected chi connectivity index (χ3v) is 1.88. The van der Waals surface area contributed by atoms with E-state index < -0.39 is 12.5 Å². The lowest BCUT2D eigenvalue weighted by Gasteiger charge is -2.25. The maximum absolute atomic E-state index is 12.2. The Kier molecular flexibility index (Phi) is 3.31. The predicted octanol–water partition coefficient (Wildman–Crippen LogP) is 1.92. The number of amides is 1. The lowest BCUT2D eigenvalue weighted by atomic mass is 10.1. The van der Waals surface area contributed by atoms with Gasteiger partial charge in [-0.1, -0.05) is 0 Å². The van der Waals surface area contributed by atoms with Gasteiger partial charge in [0.2, 0.25) is 6.36 Å². The molecule has 1 atom stereocenters. The molecule has 4 heteroatoms. The maximum atomic E-state index is 12.2. The van der Waals surface area contributed by atoms with Crippen molar-refractivity contribution in [3.8, 4) is 0 Å². The molecule has 1 heterocycles. The Hall–Kier alpha value is -0.800. The Balaban J connectivity index is 2.30. The van der Waals surface area contributed by atoms with Gasteiger partial charge in [-0.3, -0.25) is 0 Å². The number of rotatable bonds is 1. The van der Waals surface area contributed by atoms with Crippen molar-refractivity contribution in [2.24, 2.45) is 0 Å². The summed E-state index contributed by atoms with van der Waals surface area (Å²) in [5, 5.41) is 0. The molecule has 0 aromatic rings. The Labute approximate surface area is 71.5 Å². The molecule has 0 bridgehead atoms. The second-order valence-electron chi connectivity index (χ2n) is 2.97. The summed E-state index contributed by atoms with van der Waals surface area (Å²) in [6.07, 6.45) is 1.12. The lowest BCUT2D eigenvalue weighted by Crippen LogP contribution is -2.36. The van der Waals surface area contributed by atoms with E-state index in [9.17, 15) is 9.18 Å². The van der Waals surface area contributed by atoms with Gasteiger partial charge in [-0.15, -0.1) is 0 Å². The molecule has 0 aromatic carbocycles. The number of carbonyl (C=O) groups is 1. The SMILES string of the molecule is CC(F)OC(=O)N1CCCCC1. The molecule has 0 radical (unpaired) electrons. The van der Waals surface area contributed by atoms with Crippen LogP contribution in [0.1, 0.15) is 26.2 Å². The molecule has 0 N–H and O–H groups in total. The summed E-state index contributed by atoms with van der Waals surface area (Å²) in [6, 6.07) is 0. The Morgan fingerprint density at radius 3 is 2.50 bits per heavy atom. The van der Waals surface area contributed by atoms with Crippen LogP contribution in [0.15, 0.2) is 0 Å². The zero-order valence-corrected chi connectivity index (χ0v) is 7.25. The molecule has 0 aliphatic carbocycles. The average molecular weight is 175 g/mol. The van der Waals surface area contributed by atoms with Crippen LogP contribution in [0, 0.1) is 0 Å². The molecule has 1 rings (SSSR count). The molecule has 70 valence electrons. The molecule has 1 unspecified atom stereocenters. The van der Waals surface area contributed by atoms with Crippen molar-refractivity contribution in [3.63, 3.8) is 0 Å². The number of carbonyl (C=O) groups excluding carboxylic acids is 1. The van der Waals surface area contributed by atoms with Crippen LogP contribution in [-0.2, 0) is 4.74 Å². The van der Waals surface area contributed by atoms with Gasteiger partial charge in [0.1, 0.15) is 0 Å². The van der Waals surface area contributed by atoms with Gasteiger partial charge < -0.3 is 9.64 Å². The molecule has 1 saturated heterocycles. The maximum Gasteiger partial charge on any atom is 0.412 e. The van der Waals surface area contributed by atoms with Crippen LogP contribution in [0.4, 0.5) is 9.18 Å². The molecular weight excluding hydrogens is 161 g/mol. The lowest BCUT2D eigenvalue weighted by molar-refractivity contribution is 0.00334. The second kappa shape index (κ2) is 4.28. The minimum Gasteiger partial charge on any atom is -0.415 e. The van der Waals surface area contributed by atoms with Crippen LogP contribution < -0.4 is 0 Å². The van der Waals surface area contributed by atoms with Crippen molar-refractivity contribution < 1.29 is 13.9 Å². The highest BCUT2D eigenvalue weighted by atomic mass is 19.1. The van der Waals surface area contributed by atoms with Gasteiger partial charge in [0.25, 0.3) is 0 Å². The van der Waals surface area contributed by atoms with Crippen LogP contribution in [0.3, 0.4) is 0 Å². The smallest absolute Gasteiger partial charge is 0.412 e. The van der Waals surface area contributed by atoms with Gasteiger partial charge in [0.05, 0.1) is 0 Å². The number of nitrogens with zero attached hydrogens (tertiary/aromatic N) is 1. The van der Waals surface area contributed by atoms with Gasteiger partial charge in [-0.05, 0) is 19.3 Å². The monoisotopic (exact) mass is 175 g/mol. The Bertz CT molecular complexity index is 155. The van der Waals surface area contributed by atoms with Crippen molar-refractivity contribution in [2.75, 3.05) is 13.1 Å². The second-order valence-corrected chi connectivity index (χ2v) is 2.97. The van der Waals surface area contributed by atoms with Crippen LogP contribution in [0.2, 0.25) is 0 Å². The van der Waals surface area contributed by atoms with E-state index in [0.29, 0.717) is 13.1 Å². The number of hydrogen-bond acceptors (Lipinski definition) is 2. The summed E-state index contributed by atoms with van der Waals surface area (Å²) in [7, 11) is 0. The summed E-state index contributed by atoms with van der Waals surface area (Å²) in [5.41, 5.74) is 0. The first-order valence-corrected chi connectivity index (χ1v) is 4.30. The normalized spacial score (nSPS) is 20.3. The van der Waals surface area contributed by atoms with Crippen molar-refractivity contribution in [2.45, 2.75) is 32.5 Å². The van der Waals surface area contributed by atoms with E-state index in [2.05, 4.69) is 4.74 Å². The first-order chi connectivity index (χ1) is 5.70. The first kappa shape index (κ1) is 9.29. The van der Waals surface area contributed by atoms with E-state index >= 15 is 0 Å². The number of likely N-dealkylation sites (tertiary alicyclic amines) is 1. The minimum absolute atomic E-state index is 0.523. The predicted molar refractivity (Wildman–Crippen MR) is 42.5 cm³/mol. The van der Waals surface area contributed by atoms with Gasteiger partial charge in [-0.2, -0.15) is 0 Å². The fourth-order valence-electron chi connectivity index (χ4n) is 1.29. The third kappa shape index (κ3) is 2.68. The van der Waals surface area contributed by atoms with Gasteiger partial charge >= 0.3 is 6.09 Å². The molecule has 0 saturated carbocycles. The Morgan fingerprint density at radius 2 is 2.00 bits per heavy atom. The van der Waals surface area contributed by atoms with Crippen molar-refractivity contribution in [1.82, 2.24) is 4.90 Å². The summed E-state index contributed by atoms with van der Waals surface area (Å²) in [5.74, 6) is 0. The third-order valence-electron chi connectivity index (χ3n) is 1.88. The molecule has 12 heavy (non-hydrogen) atoms. The first-order valence-electron chi connectivity index (χ1n) is 4.30. The average Bonchev–Trinajstić information content (AvgIpc) is 2.05. The topological polar surface area (TPSA) is 29.5 Å². The van der Waals surface area contributed by atoms with E-state index in [1.165, 1.54) is 6.92 Å². The molecule has 1 amide bonds. The zero-order valence-electron chi connectivity index (χ0n) is 7.25. The molecule has 0 spiro atoms. The van der Waals surface area contributed by atoms with Gasteiger partial charge in [0.15, 0.2) is 0 Å². The highest BCUT2D eigenvalue weighted by Crippen LogP contribution is 2.10.